The maximum Gasteiger partial charge on any atom is 0.397 e. The van der Waals surface area contributed by atoms with Gasteiger partial charge in [-0.05, 0) is 427 Å². The van der Waals surface area contributed by atoms with Crippen molar-refractivity contribution in [1.82, 2.24) is 0 Å². The van der Waals surface area contributed by atoms with Crippen molar-refractivity contribution in [3.8, 4) is 0 Å². The standard InChI is InChI=1S/C28H45F3O2.C26H44O3.2C26H42O3/c1-17(7-6-12-25(2,3)28(29,30)31)20-8-9-21-19-16-24(33)23-15-18(32)10-13-27(23,5)22(19)11-14-26(20,21)4;3*1-16(8-11-24(2,3)29)19-6-7-20-18-15-23(28)22-14-17(27)9-12-26(22,5)21(18)10-13-25(19,20)4/h6,12,17-24,32-33H,7-11,13-16H2,1-5H3;8,11,16-23,27-29H,6-7,9-10,12-15H2,1-5H3;8,11,16,18-23,28-29H,6-7,9-10,12-15H2,1-5H3;8,11,16-22,27,29H,6-7,9-10,12-15H2,1-5H3/b12-6+;3*11-8+/t17?,18-,19?,20?,21?,22?,23+,24+,26?,27?;16?,17-,18?,19?,20?,21?,22+,23+,25?,26?;16?,18?,19?,20?,21?,22-,23-,25?,26?;16?,17-,18?,19?,20?,21?,22+,25?,26?/m1101/s1. The summed E-state index contributed by atoms with van der Waals surface area (Å²) in [6.45, 7) is 42.4. The largest absolute Gasteiger partial charge is 0.397 e. The maximum absolute atomic E-state index is 13.2. The number of Topliss-reactive ketones (excluding diaryl/α,β-unsaturated/α-hetero) is 2. The molecule has 0 aliphatic heterocycles. The molecule has 11 nitrogen and oxygen atoms in total. The van der Waals surface area contributed by atoms with Gasteiger partial charge in [0.15, 0.2) is 0 Å². The SMILES string of the molecule is CC(/C=C/C(C)(C)O)C1CCC2C3CC(=O)[C@@H]4C[C@H](O)CCC4(C)C3CCC12C.CC(/C=C/C(C)(C)O)C1CCC2C3C[C@H](O)[C@@H]4CC(=O)CCC4(C)C3CCC12C.CC(/C=C/C(C)(C)O)C1CCC2C3C[C@H](O)[C@@H]4C[C@H](O)CCC4(C)C3CCC12C.CC(C/C=C/C(C)(C)C(F)(F)F)C1CCC2C3C[C@H](O)[C@@H]4C[C@H](O)CCC4(C)C3CCC12C. The van der Waals surface area contributed by atoms with E-state index in [-0.39, 0.29) is 87.4 Å². The first-order valence-corrected chi connectivity index (χ1v) is 49.7. The number of carbonyl (C=O) groups is 2. The fourth-order valence-corrected chi connectivity index (χ4v) is 34.8. The van der Waals surface area contributed by atoms with Crippen LogP contribution in [-0.4, -0.2) is 117 Å². The molecule has 38 atom stereocenters. The summed E-state index contributed by atoms with van der Waals surface area (Å²) in [5, 5.41) is 94.4. The summed E-state index contributed by atoms with van der Waals surface area (Å²) in [6, 6.07) is 0. The van der Waals surface area contributed by atoms with Crippen molar-refractivity contribution in [2.45, 2.75) is 410 Å². The average Bonchev–Trinajstić information content (AvgIpc) is 1.51. The second-order valence-corrected chi connectivity index (χ2v) is 49.9. The van der Waals surface area contributed by atoms with E-state index in [2.05, 4.69) is 101 Å². The molecule has 0 heterocycles. The summed E-state index contributed by atoms with van der Waals surface area (Å²) in [5.74, 6) is 13.4. The highest BCUT2D eigenvalue weighted by atomic mass is 19.4. The third-order valence-electron chi connectivity index (χ3n) is 41.3. The fourth-order valence-electron chi connectivity index (χ4n) is 34.8. The van der Waals surface area contributed by atoms with E-state index in [0.29, 0.717) is 172 Å². The average molecular weight is 1680 g/mol. The Kier molecular flexibility index (Phi) is 27.4. The molecule has 0 spiro atoms. The van der Waals surface area contributed by atoms with Crippen molar-refractivity contribution in [3.05, 3.63) is 48.6 Å². The number of fused-ring (bicyclic) bond motifs is 20. The molecule has 684 valence electrons. The molecule has 9 N–H and O–H groups in total. The molecule has 16 saturated carbocycles. The molecule has 16 rings (SSSR count). The van der Waals surface area contributed by atoms with Gasteiger partial charge in [0.2, 0.25) is 0 Å². The minimum Gasteiger partial charge on any atom is -0.393 e. The van der Waals surface area contributed by atoms with Crippen molar-refractivity contribution in [3.63, 3.8) is 0 Å². The van der Waals surface area contributed by atoms with Crippen LogP contribution in [0.5, 0.6) is 0 Å². The van der Waals surface area contributed by atoms with Crippen LogP contribution in [0.4, 0.5) is 13.2 Å². The van der Waals surface area contributed by atoms with Gasteiger partial charge in [0.05, 0.1) is 58.8 Å². The summed E-state index contributed by atoms with van der Waals surface area (Å²) in [6.07, 6.45) is 44.2. The second kappa shape index (κ2) is 34.5. The Balaban J connectivity index is 0.000000138. The minimum atomic E-state index is -4.22. The van der Waals surface area contributed by atoms with E-state index < -0.39 is 28.4 Å². The van der Waals surface area contributed by atoms with Gasteiger partial charge in [-0.15, -0.1) is 0 Å². The van der Waals surface area contributed by atoms with Gasteiger partial charge in [0.1, 0.15) is 11.6 Å². The number of hydrogen-bond acceptors (Lipinski definition) is 11. The van der Waals surface area contributed by atoms with Gasteiger partial charge in [-0.2, -0.15) is 13.2 Å². The zero-order chi connectivity index (χ0) is 88.0. The number of aliphatic hydroxyl groups excluding tert-OH is 6. The van der Waals surface area contributed by atoms with Crippen LogP contribution >= 0.6 is 0 Å². The van der Waals surface area contributed by atoms with Gasteiger partial charge in [0.25, 0.3) is 0 Å². The monoisotopic (exact) mass is 1680 g/mol. The summed E-state index contributed by atoms with van der Waals surface area (Å²) < 4.78 is 39.6. The number of carbonyl (C=O) groups excluding carboxylic acids is 2. The Morgan fingerprint density at radius 1 is 0.350 bits per heavy atom. The molecule has 120 heavy (non-hydrogen) atoms. The molecule has 0 aromatic rings. The zero-order valence-corrected chi connectivity index (χ0v) is 78.7. The second-order valence-electron chi connectivity index (χ2n) is 49.9. The third kappa shape index (κ3) is 17.9. The molecule has 0 radical (unpaired) electrons. The first-order chi connectivity index (χ1) is 55.6. The Morgan fingerprint density at radius 3 is 1.03 bits per heavy atom. The van der Waals surface area contributed by atoms with Crippen LogP contribution < -0.4 is 0 Å². The topological polar surface area (TPSA) is 216 Å². The van der Waals surface area contributed by atoms with Crippen LogP contribution in [0.2, 0.25) is 0 Å². The number of hydrogen-bond donors (Lipinski definition) is 9. The predicted octanol–water partition coefficient (Wildman–Crippen LogP) is 22.4. The highest BCUT2D eigenvalue weighted by Gasteiger charge is 2.68. The third-order valence-corrected chi connectivity index (χ3v) is 41.3. The predicted molar refractivity (Wildman–Crippen MR) is 475 cm³/mol. The van der Waals surface area contributed by atoms with Gasteiger partial charge in [-0.1, -0.05) is 132 Å². The van der Waals surface area contributed by atoms with Crippen LogP contribution in [0.3, 0.4) is 0 Å². The quantitative estimate of drug-likeness (QED) is 0.0791. The van der Waals surface area contributed by atoms with Crippen molar-refractivity contribution in [1.29, 1.82) is 0 Å². The molecule has 16 aliphatic carbocycles. The smallest absolute Gasteiger partial charge is 0.393 e. The first-order valence-electron chi connectivity index (χ1n) is 49.7. The van der Waals surface area contributed by atoms with E-state index in [1.165, 1.54) is 116 Å². The lowest BCUT2D eigenvalue weighted by Gasteiger charge is -2.62. The summed E-state index contributed by atoms with van der Waals surface area (Å²) >= 11 is 0. The van der Waals surface area contributed by atoms with Crippen molar-refractivity contribution in [2.75, 3.05) is 0 Å². The fraction of sp³-hybridized carbons (Fsp3) is 0.906. The highest BCUT2D eigenvalue weighted by Crippen LogP contribution is 2.74. The van der Waals surface area contributed by atoms with Crippen LogP contribution in [0.25, 0.3) is 0 Å². The number of rotatable bonds is 13. The van der Waals surface area contributed by atoms with Crippen LogP contribution in [-0.2, 0) is 9.59 Å². The highest BCUT2D eigenvalue weighted by molar-refractivity contribution is 5.83. The summed E-state index contributed by atoms with van der Waals surface area (Å²) in [5.41, 5.74) is -2.26. The lowest BCUT2D eigenvalue weighted by Crippen LogP contribution is -2.58. The van der Waals surface area contributed by atoms with E-state index in [4.69, 9.17) is 0 Å². The molecule has 0 saturated heterocycles. The number of aliphatic hydroxyl groups is 9. The number of allylic oxidation sites excluding steroid dienone is 5. The van der Waals surface area contributed by atoms with Crippen molar-refractivity contribution >= 4 is 11.6 Å². The van der Waals surface area contributed by atoms with Gasteiger partial charge in [-0.3, -0.25) is 9.59 Å². The molecular weight excluding hydrogens is 1510 g/mol. The summed E-state index contributed by atoms with van der Waals surface area (Å²) in [7, 11) is 0. The molecule has 0 bridgehead atoms. The van der Waals surface area contributed by atoms with E-state index in [1.807, 2.05) is 59.8 Å². The minimum absolute atomic E-state index is 0.0858. The van der Waals surface area contributed by atoms with Gasteiger partial charge in [-0.25, -0.2) is 0 Å². The maximum atomic E-state index is 13.2. The Hall–Kier alpha value is -2.27. The normalized spacial score (nSPS) is 49.0. The van der Waals surface area contributed by atoms with Crippen molar-refractivity contribution in [2.24, 2.45) is 191 Å². The first kappa shape index (κ1) is 95.3. The molecule has 14 heteroatoms. The van der Waals surface area contributed by atoms with Crippen LogP contribution in [0.1, 0.15) is 350 Å². The number of alkyl halides is 3. The van der Waals surface area contributed by atoms with Gasteiger partial charge < -0.3 is 46.0 Å². The van der Waals surface area contributed by atoms with E-state index in [9.17, 15) is 68.7 Å². The molecule has 0 aromatic heterocycles. The lowest BCUT2D eigenvalue weighted by atomic mass is 9.44. The molecule has 16 aliphatic rings. The zero-order valence-electron chi connectivity index (χ0n) is 78.7. The van der Waals surface area contributed by atoms with Crippen molar-refractivity contribution < 1.29 is 68.7 Å². The number of halogens is 3. The molecule has 0 aromatic carbocycles. The summed E-state index contributed by atoms with van der Waals surface area (Å²) in [4.78, 5) is 25.3. The van der Waals surface area contributed by atoms with Gasteiger partial charge >= 0.3 is 6.18 Å². The van der Waals surface area contributed by atoms with Crippen LogP contribution in [0.15, 0.2) is 48.6 Å². The molecular formula is C106H173F3O11. The lowest BCUT2D eigenvalue weighted by molar-refractivity contribution is -0.193. The molecule has 16 fully saturated rings. The Labute approximate surface area is 725 Å². The Morgan fingerprint density at radius 2 is 0.658 bits per heavy atom. The molecule has 28 unspecified atom stereocenters. The molecule has 0 amide bonds. The Bertz CT molecular complexity index is 3670. The van der Waals surface area contributed by atoms with E-state index in [1.54, 1.807) is 6.08 Å². The van der Waals surface area contributed by atoms with Gasteiger partial charge in [0, 0.05) is 25.2 Å². The van der Waals surface area contributed by atoms with E-state index in [0.717, 1.165) is 89.9 Å². The number of ketones is 2. The van der Waals surface area contributed by atoms with Crippen LogP contribution in [0, 0.1) is 191 Å². The van der Waals surface area contributed by atoms with E-state index >= 15 is 0 Å².